The minimum absolute atomic E-state index is 0.654. The summed E-state index contributed by atoms with van der Waals surface area (Å²) in [5.41, 5.74) is 0. The molecule has 0 bridgehead atoms. The molecule has 0 aliphatic heterocycles. The Kier molecular flexibility index (Phi) is 5.22. The van der Waals surface area contributed by atoms with Crippen molar-refractivity contribution in [1.29, 1.82) is 0 Å². The zero-order valence-electron chi connectivity index (χ0n) is 11.2. The van der Waals surface area contributed by atoms with E-state index in [1.165, 1.54) is 0 Å². The lowest BCUT2D eigenvalue weighted by atomic mass is 10.3. The smallest absolute Gasteiger partial charge is 0.168 e. The van der Waals surface area contributed by atoms with Crippen LogP contribution in [0.15, 0.2) is 37.1 Å². The molecule has 1 N–H and O–H groups in total. The van der Waals surface area contributed by atoms with E-state index in [-0.39, 0.29) is 0 Å². The maximum absolute atomic E-state index is 5.52. The Labute approximate surface area is 113 Å². The van der Waals surface area contributed by atoms with E-state index in [4.69, 9.17) is 4.74 Å². The van der Waals surface area contributed by atoms with Crippen LogP contribution in [-0.2, 0) is 6.54 Å². The van der Waals surface area contributed by atoms with Gasteiger partial charge in [0, 0.05) is 31.7 Å². The van der Waals surface area contributed by atoms with Gasteiger partial charge in [0.25, 0.3) is 0 Å². The molecule has 5 heteroatoms. The van der Waals surface area contributed by atoms with Gasteiger partial charge in [-0.1, -0.05) is 0 Å². The summed E-state index contributed by atoms with van der Waals surface area (Å²) in [6.45, 7) is 4.52. The fraction of sp³-hybridized carbons (Fsp3) is 0.429. The molecule has 0 aliphatic carbocycles. The number of pyridine rings is 1. The fourth-order valence-corrected chi connectivity index (χ4v) is 1.84. The van der Waals surface area contributed by atoms with Gasteiger partial charge in [0.2, 0.25) is 0 Å². The van der Waals surface area contributed by atoms with Crippen LogP contribution in [0.4, 0.5) is 5.82 Å². The van der Waals surface area contributed by atoms with Gasteiger partial charge < -0.3 is 14.6 Å². The van der Waals surface area contributed by atoms with E-state index in [0.717, 1.165) is 37.5 Å². The highest BCUT2D eigenvalue weighted by Gasteiger charge is 2.02. The summed E-state index contributed by atoms with van der Waals surface area (Å²) in [5.74, 6) is 1.64. The first-order chi connectivity index (χ1) is 9.40. The minimum atomic E-state index is 0.654. The summed E-state index contributed by atoms with van der Waals surface area (Å²) in [7, 11) is 0. The molecule has 0 aliphatic rings. The van der Waals surface area contributed by atoms with Gasteiger partial charge in [0.15, 0.2) is 11.6 Å². The normalized spacial score (nSPS) is 10.4. The molecule has 2 aromatic rings. The van der Waals surface area contributed by atoms with Gasteiger partial charge in [-0.15, -0.1) is 0 Å². The molecule has 0 saturated heterocycles. The van der Waals surface area contributed by atoms with E-state index in [0.29, 0.717) is 6.61 Å². The quantitative estimate of drug-likeness (QED) is 0.741. The Bertz CT molecular complexity index is 470. The number of nitrogens with zero attached hydrogens (tertiary/aromatic N) is 3. The largest absolute Gasteiger partial charge is 0.490 e. The second kappa shape index (κ2) is 7.41. The topological polar surface area (TPSA) is 52.0 Å². The number of unbranched alkanes of at least 4 members (excludes halogenated alkanes) is 1. The van der Waals surface area contributed by atoms with E-state index >= 15 is 0 Å². The van der Waals surface area contributed by atoms with Crippen molar-refractivity contribution in [3.05, 3.63) is 37.1 Å². The molecule has 0 amide bonds. The molecule has 0 aromatic carbocycles. The molecule has 5 nitrogen and oxygen atoms in total. The molecule has 0 unspecified atom stereocenters. The van der Waals surface area contributed by atoms with Gasteiger partial charge in [0.1, 0.15) is 0 Å². The predicted molar refractivity (Wildman–Crippen MR) is 75.4 cm³/mol. The SMILES string of the molecule is CCOc1cccnc1NCCCCn1ccnc1. The second-order valence-corrected chi connectivity index (χ2v) is 4.22. The number of hydrogen-bond donors (Lipinski definition) is 1. The highest BCUT2D eigenvalue weighted by molar-refractivity contribution is 5.49. The molecule has 0 radical (unpaired) electrons. The first-order valence-electron chi connectivity index (χ1n) is 6.67. The Morgan fingerprint density at radius 3 is 3.05 bits per heavy atom. The zero-order valence-corrected chi connectivity index (χ0v) is 11.2. The van der Waals surface area contributed by atoms with Crippen molar-refractivity contribution in [2.75, 3.05) is 18.5 Å². The molecule has 2 aromatic heterocycles. The van der Waals surface area contributed by atoms with Gasteiger partial charge in [-0.2, -0.15) is 0 Å². The molecular weight excluding hydrogens is 240 g/mol. The maximum atomic E-state index is 5.52. The Balaban J connectivity index is 1.70. The Morgan fingerprint density at radius 1 is 1.32 bits per heavy atom. The van der Waals surface area contributed by atoms with Gasteiger partial charge in [-0.3, -0.25) is 0 Å². The number of anilines is 1. The summed E-state index contributed by atoms with van der Waals surface area (Å²) in [4.78, 5) is 8.32. The average Bonchev–Trinajstić information content (AvgIpc) is 2.94. The minimum Gasteiger partial charge on any atom is -0.490 e. The van der Waals surface area contributed by atoms with Crippen LogP contribution in [0.1, 0.15) is 19.8 Å². The van der Waals surface area contributed by atoms with Crippen LogP contribution in [0.3, 0.4) is 0 Å². The number of nitrogens with one attached hydrogen (secondary N) is 1. The van der Waals surface area contributed by atoms with Crippen LogP contribution in [-0.4, -0.2) is 27.7 Å². The lowest BCUT2D eigenvalue weighted by molar-refractivity contribution is 0.340. The summed E-state index contributed by atoms with van der Waals surface area (Å²) in [6, 6.07) is 3.82. The van der Waals surface area contributed by atoms with E-state index in [2.05, 4.69) is 19.9 Å². The molecule has 0 atom stereocenters. The number of aromatic nitrogens is 3. The van der Waals surface area contributed by atoms with E-state index in [9.17, 15) is 0 Å². The van der Waals surface area contributed by atoms with Gasteiger partial charge in [0.05, 0.1) is 12.9 Å². The number of imidazole rings is 1. The van der Waals surface area contributed by atoms with Crippen molar-refractivity contribution < 1.29 is 4.74 Å². The van der Waals surface area contributed by atoms with Gasteiger partial charge >= 0.3 is 0 Å². The van der Waals surface area contributed by atoms with E-state index in [1.54, 1.807) is 12.4 Å². The number of ether oxygens (including phenoxy) is 1. The molecule has 2 rings (SSSR count). The zero-order chi connectivity index (χ0) is 13.3. The summed E-state index contributed by atoms with van der Waals surface area (Å²) in [6.07, 6.45) is 9.61. The Hall–Kier alpha value is -2.04. The third-order valence-electron chi connectivity index (χ3n) is 2.77. The van der Waals surface area contributed by atoms with Crippen molar-refractivity contribution in [2.45, 2.75) is 26.3 Å². The summed E-state index contributed by atoms with van der Waals surface area (Å²) >= 11 is 0. The van der Waals surface area contributed by atoms with Crippen molar-refractivity contribution in [2.24, 2.45) is 0 Å². The predicted octanol–water partition coefficient (Wildman–Crippen LogP) is 2.57. The monoisotopic (exact) mass is 260 g/mol. The third-order valence-corrected chi connectivity index (χ3v) is 2.77. The van der Waals surface area contributed by atoms with Crippen molar-refractivity contribution in [3.63, 3.8) is 0 Å². The second-order valence-electron chi connectivity index (χ2n) is 4.22. The van der Waals surface area contributed by atoms with Crippen molar-refractivity contribution in [1.82, 2.24) is 14.5 Å². The van der Waals surface area contributed by atoms with Crippen molar-refractivity contribution in [3.8, 4) is 5.75 Å². The van der Waals surface area contributed by atoms with Crippen LogP contribution in [0, 0.1) is 0 Å². The molecule has 0 spiro atoms. The molecule has 0 fully saturated rings. The first-order valence-corrected chi connectivity index (χ1v) is 6.67. The van der Waals surface area contributed by atoms with Gasteiger partial charge in [-0.05, 0) is 31.9 Å². The van der Waals surface area contributed by atoms with Crippen LogP contribution in [0.25, 0.3) is 0 Å². The lowest BCUT2D eigenvalue weighted by Crippen LogP contribution is -2.07. The van der Waals surface area contributed by atoms with Crippen LogP contribution in [0.5, 0.6) is 5.75 Å². The first kappa shape index (κ1) is 13.4. The van der Waals surface area contributed by atoms with Crippen LogP contribution >= 0.6 is 0 Å². The highest BCUT2D eigenvalue weighted by atomic mass is 16.5. The van der Waals surface area contributed by atoms with Crippen LogP contribution in [0.2, 0.25) is 0 Å². The molecule has 19 heavy (non-hydrogen) atoms. The van der Waals surface area contributed by atoms with Crippen molar-refractivity contribution >= 4 is 5.82 Å². The number of aryl methyl sites for hydroxylation is 1. The highest BCUT2D eigenvalue weighted by Crippen LogP contribution is 2.20. The number of rotatable bonds is 8. The standard InChI is InChI=1S/C14H20N4O/c1-2-19-13-6-5-8-17-14(13)16-7-3-4-10-18-11-9-15-12-18/h5-6,8-9,11-12H,2-4,7,10H2,1H3,(H,16,17). The lowest BCUT2D eigenvalue weighted by Gasteiger charge is -2.10. The number of hydrogen-bond acceptors (Lipinski definition) is 4. The molecular formula is C14H20N4O. The van der Waals surface area contributed by atoms with Crippen LogP contribution < -0.4 is 10.1 Å². The van der Waals surface area contributed by atoms with E-state index < -0.39 is 0 Å². The average molecular weight is 260 g/mol. The summed E-state index contributed by atoms with van der Waals surface area (Å²) < 4.78 is 7.61. The summed E-state index contributed by atoms with van der Waals surface area (Å²) in [5, 5.41) is 3.32. The molecule has 102 valence electrons. The van der Waals surface area contributed by atoms with Gasteiger partial charge in [-0.25, -0.2) is 9.97 Å². The Morgan fingerprint density at radius 2 is 2.26 bits per heavy atom. The molecule has 2 heterocycles. The fourth-order valence-electron chi connectivity index (χ4n) is 1.84. The maximum Gasteiger partial charge on any atom is 0.168 e. The molecule has 0 saturated carbocycles. The third kappa shape index (κ3) is 4.28. The van der Waals surface area contributed by atoms with E-state index in [1.807, 2.05) is 31.6 Å².